The molecular formula is C22H17N3O2S. The summed E-state index contributed by atoms with van der Waals surface area (Å²) in [5.41, 5.74) is 3.15. The first-order chi connectivity index (χ1) is 13.4. The number of imidazole rings is 1. The van der Waals surface area contributed by atoms with Crippen molar-refractivity contribution in [3.8, 4) is 17.2 Å². The molecule has 0 saturated heterocycles. The molecule has 0 amide bonds. The third kappa shape index (κ3) is 2.90. The van der Waals surface area contributed by atoms with Crippen molar-refractivity contribution in [2.45, 2.75) is 23.5 Å². The molecule has 0 aliphatic heterocycles. The highest BCUT2D eigenvalue weighted by atomic mass is 32.2. The quantitative estimate of drug-likeness (QED) is 0.500. The van der Waals surface area contributed by atoms with Crippen molar-refractivity contribution in [2.75, 3.05) is 0 Å². The van der Waals surface area contributed by atoms with Gasteiger partial charge in [-0.2, -0.15) is 5.26 Å². The van der Waals surface area contributed by atoms with Crippen LogP contribution in [0.15, 0.2) is 66.0 Å². The van der Waals surface area contributed by atoms with Gasteiger partial charge in [-0.25, -0.2) is 4.98 Å². The van der Waals surface area contributed by atoms with Crippen LogP contribution in [0.1, 0.15) is 19.4 Å². The maximum Gasteiger partial charge on any atom is 0.319 e. The van der Waals surface area contributed by atoms with E-state index in [-0.39, 0.29) is 0 Å². The third-order valence-electron chi connectivity index (χ3n) is 4.72. The van der Waals surface area contributed by atoms with Gasteiger partial charge in [0.25, 0.3) is 0 Å². The van der Waals surface area contributed by atoms with Crippen LogP contribution in [0, 0.1) is 11.3 Å². The van der Waals surface area contributed by atoms with Gasteiger partial charge in [0.2, 0.25) is 0 Å². The van der Waals surface area contributed by atoms with E-state index >= 15 is 0 Å². The fourth-order valence-electron chi connectivity index (χ4n) is 3.24. The first-order valence-corrected chi connectivity index (χ1v) is 9.54. The summed E-state index contributed by atoms with van der Waals surface area (Å²) in [5, 5.41) is 20.9. The molecule has 0 unspecified atom stereocenters. The fourth-order valence-corrected chi connectivity index (χ4v) is 4.31. The zero-order valence-corrected chi connectivity index (χ0v) is 16.2. The summed E-state index contributed by atoms with van der Waals surface area (Å²) in [6.45, 7) is 3.38. The van der Waals surface area contributed by atoms with Gasteiger partial charge in [-0.05, 0) is 36.9 Å². The standard InChI is InChI=1S/C22H17N3O2S/c1-22(2,21(26)27)28-18-9-11-25-12-10-24-20(25)19(18)17-8-7-14(13-23)15-5-3-4-6-16(15)17/h3-12H,1-2H3,(H,26,27). The number of hydrogen-bond acceptors (Lipinski definition) is 4. The van der Waals surface area contributed by atoms with Gasteiger partial charge in [-0.3, -0.25) is 4.79 Å². The van der Waals surface area contributed by atoms with Crippen LogP contribution in [0.5, 0.6) is 0 Å². The van der Waals surface area contributed by atoms with Crippen LogP contribution >= 0.6 is 11.8 Å². The Morgan fingerprint density at radius 3 is 2.61 bits per heavy atom. The molecule has 138 valence electrons. The predicted octanol–water partition coefficient (Wildman–Crippen LogP) is 4.98. The van der Waals surface area contributed by atoms with Gasteiger partial charge < -0.3 is 9.51 Å². The molecule has 1 N–H and O–H groups in total. The molecule has 0 spiro atoms. The minimum atomic E-state index is -0.998. The van der Waals surface area contributed by atoms with E-state index in [1.54, 1.807) is 26.1 Å². The maximum atomic E-state index is 11.7. The molecule has 0 bridgehead atoms. The normalized spacial score (nSPS) is 11.6. The number of fused-ring (bicyclic) bond motifs is 2. The molecule has 5 nitrogen and oxygen atoms in total. The fraction of sp³-hybridized carbons (Fsp3) is 0.136. The second-order valence-electron chi connectivity index (χ2n) is 6.95. The lowest BCUT2D eigenvalue weighted by atomic mass is 9.96. The molecule has 6 heteroatoms. The summed E-state index contributed by atoms with van der Waals surface area (Å²) >= 11 is 1.29. The van der Waals surface area contributed by atoms with E-state index in [0.717, 1.165) is 32.4 Å². The lowest BCUT2D eigenvalue weighted by Crippen LogP contribution is -2.27. The molecule has 0 radical (unpaired) electrons. The third-order valence-corrected chi connectivity index (χ3v) is 5.96. The summed E-state index contributed by atoms with van der Waals surface area (Å²) in [7, 11) is 0. The summed E-state index contributed by atoms with van der Waals surface area (Å²) < 4.78 is 0.919. The molecule has 2 heterocycles. The van der Waals surface area contributed by atoms with Crippen LogP contribution in [-0.2, 0) is 4.79 Å². The van der Waals surface area contributed by atoms with Crippen molar-refractivity contribution < 1.29 is 9.90 Å². The molecule has 0 aliphatic carbocycles. The highest BCUT2D eigenvalue weighted by molar-refractivity contribution is 8.01. The highest BCUT2D eigenvalue weighted by Gasteiger charge is 2.30. The molecule has 0 aliphatic rings. The number of pyridine rings is 1. The van der Waals surface area contributed by atoms with Crippen LogP contribution in [0.2, 0.25) is 0 Å². The number of carboxylic acid groups (broad SMARTS) is 1. The number of aromatic nitrogens is 2. The van der Waals surface area contributed by atoms with E-state index in [1.807, 2.05) is 53.2 Å². The first kappa shape index (κ1) is 18.1. The van der Waals surface area contributed by atoms with E-state index in [9.17, 15) is 15.2 Å². The number of nitrogens with zero attached hydrogens (tertiary/aromatic N) is 3. The van der Waals surface area contributed by atoms with Gasteiger partial charge in [0.1, 0.15) is 10.4 Å². The highest BCUT2D eigenvalue weighted by Crippen LogP contribution is 2.43. The maximum absolute atomic E-state index is 11.7. The molecule has 2 aromatic carbocycles. The van der Waals surface area contributed by atoms with Crippen LogP contribution < -0.4 is 0 Å². The Kier molecular flexibility index (Phi) is 4.33. The summed E-state index contributed by atoms with van der Waals surface area (Å²) in [5.74, 6) is -0.878. The number of rotatable bonds is 4. The monoisotopic (exact) mass is 387 g/mol. The molecule has 0 atom stereocenters. The average molecular weight is 387 g/mol. The largest absolute Gasteiger partial charge is 0.480 e. The van der Waals surface area contributed by atoms with E-state index in [1.165, 1.54) is 11.8 Å². The molecule has 2 aromatic heterocycles. The van der Waals surface area contributed by atoms with Crippen molar-refractivity contribution in [1.29, 1.82) is 5.26 Å². The van der Waals surface area contributed by atoms with Gasteiger partial charge in [-0.1, -0.05) is 30.3 Å². The van der Waals surface area contributed by atoms with Crippen LogP contribution in [-0.4, -0.2) is 25.2 Å². The van der Waals surface area contributed by atoms with Crippen LogP contribution in [0.25, 0.3) is 27.5 Å². The minimum Gasteiger partial charge on any atom is -0.480 e. The van der Waals surface area contributed by atoms with Gasteiger partial charge in [-0.15, -0.1) is 11.8 Å². The van der Waals surface area contributed by atoms with E-state index in [4.69, 9.17) is 0 Å². The van der Waals surface area contributed by atoms with Crippen LogP contribution in [0.3, 0.4) is 0 Å². The zero-order valence-electron chi connectivity index (χ0n) is 15.4. The molecule has 4 aromatic rings. The summed E-state index contributed by atoms with van der Waals surface area (Å²) in [4.78, 5) is 17.1. The Morgan fingerprint density at radius 1 is 1.14 bits per heavy atom. The number of carboxylic acids is 1. The summed E-state index contributed by atoms with van der Waals surface area (Å²) in [6, 6.07) is 15.6. The molecule has 0 saturated carbocycles. The second kappa shape index (κ2) is 6.70. The Morgan fingerprint density at radius 2 is 1.89 bits per heavy atom. The number of carbonyl (C=O) groups is 1. The molecule has 28 heavy (non-hydrogen) atoms. The first-order valence-electron chi connectivity index (χ1n) is 8.72. The van der Waals surface area contributed by atoms with Crippen molar-refractivity contribution >= 4 is 34.2 Å². The average Bonchev–Trinajstić information content (AvgIpc) is 3.15. The lowest BCUT2D eigenvalue weighted by molar-refractivity contribution is -0.138. The molecule has 4 rings (SSSR count). The van der Waals surface area contributed by atoms with Crippen LogP contribution in [0.4, 0.5) is 0 Å². The Bertz CT molecular complexity index is 1270. The van der Waals surface area contributed by atoms with Crippen molar-refractivity contribution in [1.82, 2.24) is 9.38 Å². The van der Waals surface area contributed by atoms with E-state index in [0.29, 0.717) is 5.56 Å². The SMILES string of the molecule is CC(C)(Sc1ccn2ccnc2c1-c1ccc(C#N)c2ccccc12)C(=O)O. The lowest BCUT2D eigenvalue weighted by Gasteiger charge is -2.21. The summed E-state index contributed by atoms with van der Waals surface area (Å²) in [6.07, 6.45) is 5.47. The van der Waals surface area contributed by atoms with Gasteiger partial charge in [0.05, 0.1) is 11.6 Å². The van der Waals surface area contributed by atoms with E-state index < -0.39 is 10.7 Å². The molecular weight excluding hydrogens is 370 g/mol. The second-order valence-corrected chi connectivity index (χ2v) is 8.61. The van der Waals surface area contributed by atoms with Crippen molar-refractivity contribution in [2.24, 2.45) is 0 Å². The number of aliphatic carboxylic acids is 1. The number of benzene rings is 2. The smallest absolute Gasteiger partial charge is 0.319 e. The Labute approximate surface area is 166 Å². The van der Waals surface area contributed by atoms with Gasteiger partial charge in [0, 0.05) is 34.4 Å². The predicted molar refractivity (Wildman–Crippen MR) is 110 cm³/mol. The number of hydrogen-bond donors (Lipinski definition) is 1. The van der Waals surface area contributed by atoms with Crippen molar-refractivity contribution in [3.63, 3.8) is 0 Å². The van der Waals surface area contributed by atoms with E-state index in [2.05, 4.69) is 11.1 Å². The number of thioether (sulfide) groups is 1. The van der Waals surface area contributed by atoms with Gasteiger partial charge in [0.15, 0.2) is 0 Å². The zero-order chi connectivity index (χ0) is 19.9. The number of nitriles is 1. The van der Waals surface area contributed by atoms with Gasteiger partial charge >= 0.3 is 5.97 Å². The topological polar surface area (TPSA) is 78.4 Å². The minimum absolute atomic E-state index is 0.606. The Hall–Kier alpha value is -3.30. The van der Waals surface area contributed by atoms with Crippen molar-refractivity contribution in [3.05, 3.63) is 66.6 Å². The molecule has 0 fully saturated rings. The Balaban J connectivity index is 2.05.